The number of hydrogen-bond acceptors (Lipinski definition) is 7. The van der Waals surface area contributed by atoms with Crippen LogP contribution in [0.1, 0.15) is 10.4 Å². The van der Waals surface area contributed by atoms with Gasteiger partial charge in [-0.3, -0.25) is 4.79 Å². The summed E-state index contributed by atoms with van der Waals surface area (Å²) >= 11 is 0. The molecule has 1 saturated heterocycles. The molecule has 1 aliphatic heterocycles. The zero-order valence-electron chi connectivity index (χ0n) is 16.2. The molecule has 3 heterocycles. The minimum absolute atomic E-state index is 0.204. The van der Waals surface area contributed by atoms with Crippen LogP contribution in [0.4, 0.5) is 17.5 Å². The summed E-state index contributed by atoms with van der Waals surface area (Å²) in [7, 11) is 1.59. The van der Waals surface area contributed by atoms with Crippen LogP contribution in [0, 0.1) is 0 Å². The van der Waals surface area contributed by atoms with E-state index < -0.39 is 0 Å². The highest BCUT2D eigenvalue weighted by atomic mass is 16.5. The third-order valence-electron chi connectivity index (χ3n) is 4.82. The second kappa shape index (κ2) is 8.55. The van der Waals surface area contributed by atoms with Gasteiger partial charge in [-0.25, -0.2) is 15.0 Å². The van der Waals surface area contributed by atoms with E-state index >= 15 is 0 Å². The fourth-order valence-corrected chi connectivity index (χ4v) is 3.20. The highest BCUT2D eigenvalue weighted by Crippen LogP contribution is 2.19. The molecule has 8 heteroatoms. The Kier molecular flexibility index (Phi) is 5.51. The first-order chi connectivity index (χ1) is 14.2. The molecule has 1 amide bonds. The molecule has 0 spiro atoms. The first kappa shape index (κ1) is 18.7. The van der Waals surface area contributed by atoms with Crippen molar-refractivity contribution >= 4 is 23.4 Å². The van der Waals surface area contributed by atoms with E-state index in [1.54, 1.807) is 50.0 Å². The van der Waals surface area contributed by atoms with E-state index in [0.717, 1.165) is 37.8 Å². The number of pyridine rings is 1. The molecule has 4 rings (SSSR count). The predicted octanol–water partition coefficient (Wildman–Crippen LogP) is 2.46. The van der Waals surface area contributed by atoms with E-state index in [1.807, 2.05) is 18.2 Å². The molecule has 0 bridgehead atoms. The Labute approximate surface area is 169 Å². The van der Waals surface area contributed by atoms with E-state index in [2.05, 4.69) is 30.1 Å². The van der Waals surface area contributed by atoms with E-state index in [-0.39, 0.29) is 5.91 Å². The largest absolute Gasteiger partial charge is 0.497 e. The van der Waals surface area contributed by atoms with E-state index in [4.69, 9.17) is 4.74 Å². The van der Waals surface area contributed by atoms with Crippen LogP contribution in [0.5, 0.6) is 5.75 Å². The zero-order chi connectivity index (χ0) is 20.1. The van der Waals surface area contributed by atoms with Crippen LogP contribution in [0.3, 0.4) is 0 Å². The van der Waals surface area contributed by atoms with Gasteiger partial charge < -0.3 is 19.9 Å². The fourth-order valence-electron chi connectivity index (χ4n) is 3.20. The molecule has 29 heavy (non-hydrogen) atoms. The summed E-state index contributed by atoms with van der Waals surface area (Å²) in [6.45, 7) is 3.41. The maximum Gasteiger partial charge on any atom is 0.256 e. The lowest BCUT2D eigenvalue weighted by Gasteiger charge is -2.35. The average molecular weight is 390 g/mol. The molecule has 1 fully saturated rings. The van der Waals surface area contributed by atoms with E-state index in [9.17, 15) is 4.79 Å². The zero-order valence-corrected chi connectivity index (χ0v) is 16.2. The molecule has 0 saturated carbocycles. The molecule has 2 aromatic heterocycles. The first-order valence-corrected chi connectivity index (χ1v) is 9.41. The third-order valence-corrected chi connectivity index (χ3v) is 4.82. The standard InChI is InChI=1S/C21H22N6O2/c1-29-18-6-3-16(4-7-18)20(28)25-19-8-5-17(15-24-19)26-11-13-27(14-12-26)21-22-9-2-10-23-21/h2-10,15H,11-14H2,1H3,(H,24,25,28). The normalized spacial score (nSPS) is 13.8. The summed E-state index contributed by atoms with van der Waals surface area (Å²) < 4.78 is 5.11. The summed E-state index contributed by atoms with van der Waals surface area (Å²) in [5.74, 6) is 1.79. The fraction of sp³-hybridized carbons (Fsp3) is 0.238. The van der Waals surface area contributed by atoms with Gasteiger partial charge in [-0.15, -0.1) is 0 Å². The highest BCUT2D eigenvalue weighted by Gasteiger charge is 2.19. The predicted molar refractivity (Wildman–Crippen MR) is 112 cm³/mol. The Balaban J connectivity index is 1.34. The van der Waals surface area contributed by atoms with Crippen LogP contribution >= 0.6 is 0 Å². The minimum Gasteiger partial charge on any atom is -0.497 e. The molecule has 0 aliphatic carbocycles. The van der Waals surface area contributed by atoms with Crippen LogP contribution in [-0.2, 0) is 0 Å². The van der Waals surface area contributed by atoms with E-state index in [0.29, 0.717) is 17.1 Å². The molecule has 1 N–H and O–H groups in total. The van der Waals surface area contributed by atoms with Crippen molar-refractivity contribution in [1.29, 1.82) is 0 Å². The van der Waals surface area contributed by atoms with Crippen molar-refractivity contribution < 1.29 is 9.53 Å². The van der Waals surface area contributed by atoms with Crippen LogP contribution in [0.25, 0.3) is 0 Å². The Morgan fingerprint density at radius 2 is 1.62 bits per heavy atom. The molecule has 3 aromatic rings. The van der Waals surface area contributed by atoms with Gasteiger partial charge in [0.1, 0.15) is 11.6 Å². The quantitative estimate of drug-likeness (QED) is 0.716. The molecule has 148 valence electrons. The topological polar surface area (TPSA) is 83.5 Å². The number of carbonyl (C=O) groups is 1. The minimum atomic E-state index is -0.204. The Bertz CT molecular complexity index is 939. The average Bonchev–Trinajstić information content (AvgIpc) is 2.80. The molecule has 1 aliphatic rings. The molecular weight excluding hydrogens is 368 g/mol. The number of ether oxygens (including phenoxy) is 1. The smallest absolute Gasteiger partial charge is 0.256 e. The first-order valence-electron chi connectivity index (χ1n) is 9.41. The van der Waals surface area contributed by atoms with Gasteiger partial charge in [-0.2, -0.15) is 0 Å². The monoisotopic (exact) mass is 390 g/mol. The van der Waals surface area contributed by atoms with Gasteiger partial charge in [0.05, 0.1) is 19.0 Å². The molecular formula is C21H22N6O2. The maximum atomic E-state index is 12.4. The van der Waals surface area contributed by atoms with E-state index in [1.165, 1.54) is 0 Å². The van der Waals surface area contributed by atoms with Crippen LogP contribution < -0.4 is 19.9 Å². The van der Waals surface area contributed by atoms with Crippen molar-refractivity contribution in [2.75, 3.05) is 48.4 Å². The van der Waals surface area contributed by atoms with Gasteiger partial charge in [0.25, 0.3) is 5.91 Å². The van der Waals surface area contributed by atoms with Gasteiger partial charge in [0, 0.05) is 44.1 Å². The van der Waals surface area contributed by atoms with Gasteiger partial charge in [-0.05, 0) is 42.5 Å². The van der Waals surface area contributed by atoms with Crippen molar-refractivity contribution in [2.45, 2.75) is 0 Å². The van der Waals surface area contributed by atoms with Crippen LogP contribution in [-0.4, -0.2) is 54.1 Å². The number of rotatable bonds is 5. The van der Waals surface area contributed by atoms with Crippen molar-refractivity contribution in [3.8, 4) is 5.75 Å². The lowest BCUT2D eigenvalue weighted by molar-refractivity contribution is 0.102. The van der Waals surface area contributed by atoms with Crippen molar-refractivity contribution in [3.63, 3.8) is 0 Å². The Morgan fingerprint density at radius 3 is 2.24 bits per heavy atom. The number of piperazine rings is 1. The highest BCUT2D eigenvalue weighted by molar-refractivity contribution is 6.03. The van der Waals surface area contributed by atoms with Gasteiger partial charge in [0.15, 0.2) is 0 Å². The van der Waals surface area contributed by atoms with Crippen molar-refractivity contribution in [3.05, 3.63) is 66.6 Å². The van der Waals surface area contributed by atoms with Gasteiger partial charge in [0.2, 0.25) is 5.95 Å². The third kappa shape index (κ3) is 4.43. The van der Waals surface area contributed by atoms with Crippen LogP contribution in [0.15, 0.2) is 61.1 Å². The molecule has 0 atom stereocenters. The number of methoxy groups -OCH3 is 1. The number of nitrogens with one attached hydrogen (secondary N) is 1. The van der Waals surface area contributed by atoms with Crippen molar-refractivity contribution in [1.82, 2.24) is 15.0 Å². The lowest BCUT2D eigenvalue weighted by Crippen LogP contribution is -2.47. The maximum absolute atomic E-state index is 12.4. The summed E-state index contributed by atoms with van der Waals surface area (Å²) in [5, 5.41) is 2.82. The Hall–Kier alpha value is -3.68. The number of amides is 1. The summed E-state index contributed by atoms with van der Waals surface area (Å²) in [6.07, 6.45) is 5.31. The number of carbonyl (C=O) groups excluding carboxylic acids is 1. The number of nitrogens with zero attached hydrogens (tertiary/aromatic N) is 5. The van der Waals surface area contributed by atoms with Crippen molar-refractivity contribution in [2.24, 2.45) is 0 Å². The molecule has 0 unspecified atom stereocenters. The lowest BCUT2D eigenvalue weighted by atomic mass is 10.2. The summed E-state index contributed by atoms with van der Waals surface area (Å²) in [4.78, 5) is 29.8. The number of benzene rings is 1. The Morgan fingerprint density at radius 1 is 0.931 bits per heavy atom. The van der Waals surface area contributed by atoms with Crippen LogP contribution in [0.2, 0.25) is 0 Å². The second-order valence-electron chi connectivity index (χ2n) is 6.61. The molecule has 1 aromatic carbocycles. The summed E-state index contributed by atoms with van der Waals surface area (Å²) in [5.41, 5.74) is 1.58. The number of hydrogen-bond donors (Lipinski definition) is 1. The van der Waals surface area contributed by atoms with Gasteiger partial charge >= 0.3 is 0 Å². The molecule has 0 radical (unpaired) electrons. The number of aromatic nitrogens is 3. The van der Waals surface area contributed by atoms with Gasteiger partial charge in [-0.1, -0.05) is 0 Å². The molecule has 8 nitrogen and oxygen atoms in total. The number of anilines is 3. The summed E-state index contributed by atoms with van der Waals surface area (Å²) in [6, 6.07) is 12.6. The SMILES string of the molecule is COc1ccc(C(=O)Nc2ccc(N3CCN(c4ncccn4)CC3)cn2)cc1. The second-order valence-corrected chi connectivity index (χ2v) is 6.61.